The van der Waals surface area contributed by atoms with Crippen molar-refractivity contribution in [2.45, 2.75) is 0 Å². The van der Waals surface area contributed by atoms with Crippen LogP contribution < -0.4 is 9.83 Å². The van der Waals surface area contributed by atoms with Gasteiger partial charge in [0, 0.05) is 21.2 Å². The van der Waals surface area contributed by atoms with Crippen molar-refractivity contribution in [1.29, 1.82) is 0 Å². The molecule has 0 aliphatic carbocycles. The van der Waals surface area contributed by atoms with Crippen molar-refractivity contribution in [3.8, 4) is 16.9 Å². The summed E-state index contributed by atoms with van der Waals surface area (Å²) >= 11 is 11.9. The van der Waals surface area contributed by atoms with Crippen LogP contribution >= 0.6 is 30.8 Å². The predicted molar refractivity (Wildman–Crippen MR) is 72.0 cm³/mol. The molecule has 92 valence electrons. The second kappa shape index (κ2) is 4.01. The van der Waals surface area contributed by atoms with E-state index in [4.69, 9.17) is 27.7 Å². The van der Waals surface area contributed by atoms with Gasteiger partial charge in [0.1, 0.15) is 5.75 Å². The summed E-state index contributed by atoms with van der Waals surface area (Å²) < 4.78 is 17.2. The monoisotopic (exact) mass is 300 g/mol. The molecule has 0 fully saturated rings. The van der Waals surface area contributed by atoms with E-state index in [0.717, 1.165) is 0 Å². The molecular weight excluding hydrogens is 294 g/mol. The maximum atomic E-state index is 12.1. The van der Waals surface area contributed by atoms with Gasteiger partial charge in [0.2, 0.25) is 0 Å². The van der Waals surface area contributed by atoms with Crippen LogP contribution in [0.4, 0.5) is 0 Å². The summed E-state index contributed by atoms with van der Waals surface area (Å²) in [7, 11) is -3.85. The van der Waals surface area contributed by atoms with Crippen LogP contribution in [-0.2, 0) is 4.57 Å². The van der Waals surface area contributed by atoms with Gasteiger partial charge in [-0.2, -0.15) is 0 Å². The second-order valence-electron chi connectivity index (χ2n) is 3.91. The minimum Gasteiger partial charge on any atom is -0.421 e. The standard InChI is InChI=1S/C12H7Cl2O3P/c13-7-1-3-11-9(5-7)10-6-8(14)2-4-12(10)18(15,16)17-11/h1-6H,(H,15,16). The molecule has 2 aromatic carbocycles. The Balaban J connectivity index is 2.37. The van der Waals surface area contributed by atoms with E-state index in [1.165, 1.54) is 6.07 Å². The van der Waals surface area contributed by atoms with Crippen LogP contribution in [0.5, 0.6) is 5.75 Å². The first-order valence-corrected chi connectivity index (χ1v) is 7.43. The highest BCUT2D eigenvalue weighted by molar-refractivity contribution is 7.62. The van der Waals surface area contributed by atoms with E-state index < -0.39 is 7.60 Å². The lowest BCUT2D eigenvalue weighted by Crippen LogP contribution is -2.17. The number of benzene rings is 2. The largest absolute Gasteiger partial charge is 0.421 e. The molecule has 0 saturated carbocycles. The minimum absolute atomic E-state index is 0.238. The molecule has 0 aromatic heterocycles. The molecule has 1 aliphatic heterocycles. The van der Waals surface area contributed by atoms with Crippen LogP contribution in [0, 0.1) is 0 Å². The highest BCUT2D eigenvalue weighted by Gasteiger charge is 2.34. The van der Waals surface area contributed by atoms with Crippen LogP contribution in [0.2, 0.25) is 10.0 Å². The summed E-state index contributed by atoms with van der Waals surface area (Å²) in [5.74, 6) is 0.333. The van der Waals surface area contributed by atoms with Gasteiger partial charge in [-0.15, -0.1) is 0 Å². The van der Waals surface area contributed by atoms with Crippen LogP contribution in [0.25, 0.3) is 11.1 Å². The molecule has 1 atom stereocenters. The second-order valence-corrected chi connectivity index (χ2v) is 6.49. The van der Waals surface area contributed by atoms with Gasteiger partial charge >= 0.3 is 7.60 Å². The smallest absolute Gasteiger partial charge is 0.408 e. The first-order chi connectivity index (χ1) is 8.47. The summed E-state index contributed by atoms with van der Waals surface area (Å²) in [4.78, 5) is 9.89. The maximum absolute atomic E-state index is 12.1. The SMILES string of the molecule is O=P1(O)Oc2ccc(Cl)cc2-c2cc(Cl)ccc21. The molecule has 2 aromatic rings. The number of fused-ring (bicyclic) bond motifs is 3. The Morgan fingerprint density at radius 3 is 2.33 bits per heavy atom. The topological polar surface area (TPSA) is 46.5 Å². The average molecular weight is 301 g/mol. The van der Waals surface area contributed by atoms with Gasteiger partial charge in [0.05, 0.1) is 5.30 Å². The van der Waals surface area contributed by atoms with Crippen molar-refractivity contribution in [1.82, 2.24) is 0 Å². The predicted octanol–water partition coefficient (Wildman–Crippen LogP) is 3.86. The number of rotatable bonds is 0. The third kappa shape index (κ3) is 1.84. The fourth-order valence-corrected chi connectivity index (χ4v) is 3.57. The zero-order valence-corrected chi connectivity index (χ0v) is 11.3. The average Bonchev–Trinajstić information content (AvgIpc) is 2.30. The molecule has 1 aliphatic rings. The number of hydrogen-bond acceptors (Lipinski definition) is 2. The first-order valence-electron chi connectivity index (χ1n) is 5.10. The molecule has 3 rings (SSSR count). The Labute approximate surface area is 113 Å². The van der Waals surface area contributed by atoms with Gasteiger partial charge < -0.3 is 9.42 Å². The minimum atomic E-state index is -3.85. The van der Waals surface area contributed by atoms with Crippen LogP contribution in [0.3, 0.4) is 0 Å². The molecule has 1 N–H and O–H groups in total. The van der Waals surface area contributed by atoms with Crippen molar-refractivity contribution < 1.29 is 14.0 Å². The zero-order valence-electron chi connectivity index (χ0n) is 8.93. The van der Waals surface area contributed by atoms with Crippen LogP contribution in [-0.4, -0.2) is 4.89 Å². The van der Waals surface area contributed by atoms with E-state index in [-0.39, 0.29) is 5.30 Å². The Morgan fingerprint density at radius 1 is 1.00 bits per heavy atom. The Kier molecular flexibility index (Phi) is 2.68. The lowest BCUT2D eigenvalue weighted by atomic mass is 10.0. The van der Waals surface area contributed by atoms with Crippen LogP contribution in [0.15, 0.2) is 36.4 Å². The van der Waals surface area contributed by atoms with Crippen molar-refractivity contribution in [3.05, 3.63) is 46.4 Å². The summed E-state index contributed by atoms with van der Waals surface area (Å²) in [6, 6.07) is 9.56. The Bertz CT molecular complexity index is 700. The molecule has 0 bridgehead atoms. The van der Waals surface area contributed by atoms with Crippen LogP contribution in [0.1, 0.15) is 0 Å². The lowest BCUT2D eigenvalue weighted by Gasteiger charge is -2.24. The van der Waals surface area contributed by atoms with E-state index in [2.05, 4.69) is 0 Å². The highest BCUT2D eigenvalue weighted by atomic mass is 35.5. The van der Waals surface area contributed by atoms with E-state index >= 15 is 0 Å². The molecule has 0 amide bonds. The normalized spacial score (nSPS) is 20.8. The van der Waals surface area contributed by atoms with Crippen molar-refractivity contribution in [2.24, 2.45) is 0 Å². The summed E-state index contributed by atoms with van der Waals surface area (Å²) in [5, 5.41) is 1.25. The lowest BCUT2D eigenvalue weighted by molar-refractivity contribution is 0.392. The third-order valence-corrected chi connectivity index (χ3v) is 4.63. The fraction of sp³-hybridized carbons (Fsp3) is 0. The van der Waals surface area contributed by atoms with E-state index in [1.807, 2.05) is 0 Å². The molecule has 3 nitrogen and oxygen atoms in total. The molecule has 0 radical (unpaired) electrons. The molecule has 0 saturated heterocycles. The summed E-state index contributed by atoms with van der Waals surface area (Å²) in [6.07, 6.45) is 0. The molecular formula is C12H7Cl2O3P. The van der Waals surface area contributed by atoms with Gasteiger partial charge in [-0.05, 0) is 36.4 Å². The number of halogens is 2. The molecule has 1 heterocycles. The zero-order chi connectivity index (χ0) is 12.9. The van der Waals surface area contributed by atoms with E-state index in [1.54, 1.807) is 30.3 Å². The van der Waals surface area contributed by atoms with Gasteiger partial charge in [0.25, 0.3) is 0 Å². The first kappa shape index (κ1) is 12.1. The Morgan fingerprint density at radius 2 is 1.61 bits per heavy atom. The summed E-state index contributed by atoms with van der Waals surface area (Å²) in [5.41, 5.74) is 1.25. The molecule has 1 unspecified atom stereocenters. The third-order valence-electron chi connectivity index (χ3n) is 2.72. The number of hydrogen-bond donors (Lipinski definition) is 1. The Hall–Kier alpha value is -0.990. The molecule has 0 spiro atoms. The van der Waals surface area contributed by atoms with Gasteiger partial charge in [-0.3, -0.25) is 0 Å². The van der Waals surface area contributed by atoms with Crippen molar-refractivity contribution in [2.75, 3.05) is 0 Å². The van der Waals surface area contributed by atoms with E-state index in [9.17, 15) is 9.46 Å². The van der Waals surface area contributed by atoms with E-state index in [0.29, 0.717) is 26.9 Å². The highest BCUT2D eigenvalue weighted by Crippen LogP contribution is 2.52. The molecule has 6 heteroatoms. The maximum Gasteiger partial charge on any atom is 0.408 e. The van der Waals surface area contributed by atoms with Gasteiger partial charge in [0.15, 0.2) is 0 Å². The van der Waals surface area contributed by atoms with Crippen molar-refractivity contribution >= 4 is 36.1 Å². The van der Waals surface area contributed by atoms with Gasteiger partial charge in [-0.1, -0.05) is 23.2 Å². The van der Waals surface area contributed by atoms with Crippen molar-refractivity contribution in [3.63, 3.8) is 0 Å². The fourth-order valence-electron chi connectivity index (χ4n) is 1.95. The summed E-state index contributed by atoms with van der Waals surface area (Å²) in [6.45, 7) is 0. The van der Waals surface area contributed by atoms with Gasteiger partial charge in [-0.25, -0.2) is 4.57 Å². The quantitative estimate of drug-likeness (QED) is 0.751. The molecule has 18 heavy (non-hydrogen) atoms.